The van der Waals surface area contributed by atoms with E-state index in [1.807, 2.05) is 6.92 Å². The topological polar surface area (TPSA) is 55.1 Å². The van der Waals surface area contributed by atoms with Crippen LogP contribution in [0.15, 0.2) is 23.1 Å². The Morgan fingerprint density at radius 1 is 1.50 bits per heavy atom. The number of thioether (sulfide) groups is 1. The minimum Gasteiger partial charge on any atom is -0.328 e. The molecular formula is C13H17ClF2N2OS. The van der Waals surface area contributed by atoms with Gasteiger partial charge in [-0.05, 0) is 25.5 Å². The first kappa shape index (κ1) is 17.2. The lowest BCUT2D eigenvalue weighted by Gasteiger charge is -2.12. The highest BCUT2D eigenvalue weighted by Gasteiger charge is 2.13. The summed E-state index contributed by atoms with van der Waals surface area (Å²) in [5.74, 6) is -0.574. The van der Waals surface area contributed by atoms with E-state index < -0.39 is 6.43 Å². The summed E-state index contributed by atoms with van der Waals surface area (Å²) in [6.45, 7) is 1.82. The van der Waals surface area contributed by atoms with Crippen LogP contribution in [0.1, 0.15) is 19.8 Å². The molecule has 0 saturated heterocycles. The number of hydrogen-bond acceptors (Lipinski definition) is 3. The van der Waals surface area contributed by atoms with Gasteiger partial charge in [0.15, 0.2) is 0 Å². The lowest BCUT2D eigenvalue weighted by atomic mass is 10.2. The minimum absolute atomic E-state index is 0.0622. The predicted molar refractivity (Wildman–Crippen MR) is 79.7 cm³/mol. The maximum atomic E-state index is 12.3. The Balaban J connectivity index is 2.73. The van der Waals surface area contributed by atoms with Gasteiger partial charge in [-0.15, -0.1) is 11.8 Å². The van der Waals surface area contributed by atoms with E-state index in [1.165, 1.54) is 0 Å². The number of amides is 1. The normalized spacial score (nSPS) is 12.5. The zero-order valence-corrected chi connectivity index (χ0v) is 12.6. The van der Waals surface area contributed by atoms with Crippen molar-refractivity contribution in [3.63, 3.8) is 0 Å². The van der Waals surface area contributed by atoms with E-state index in [0.29, 0.717) is 22.0 Å². The highest BCUT2D eigenvalue weighted by atomic mass is 35.5. The Morgan fingerprint density at radius 2 is 2.20 bits per heavy atom. The van der Waals surface area contributed by atoms with Crippen molar-refractivity contribution in [1.29, 1.82) is 0 Å². The summed E-state index contributed by atoms with van der Waals surface area (Å²) >= 11 is 6.91. The molecule has 0 aromatic heterocycles. The smallest absolute Gasteiger partial charge is 0.247 e. The molecule has 1 atom stereocenters. The molecule has 0 aliphatic rings. The van der Waals surface area contributed by atoms with Crippen molar-refractivity contribution in [2.75, 3.05) is 11.1 Å². The third kappa shape index (κ3) is 6.07. The summed E-state index contributed by atoms with van der Waals surface area (Å²) in [5.41, 5.74) is 6.04. The number of carbonyl (C=O) groups excluding carboxylic acids is 1. The van der Waals surface area contributed by atoms with E-state index in [4.69, 9.17) is 17.3 Å². The SMILES string of the molecule is CC(N)CCC(=O)Nc1cccc(Cl)c1SCC(F)F. The van der Waals surface area contributed by atoms with Crippen LogP contribution in [-0.2, 0) is 4.79 Å². The molecule has 112 valence electrons. The van der Waals surface area contributed by atoms with Crippen molar-refractivity contribution in [3.8, 4) is 0 Å². The van der Waals surface area contributed by atoms with E-state index in [1.54, 1.807) is 18.2 Å². The number of carbonyl (C=O) groups is 1. The minimum atomic E-state index is -2.43. The van der Waals surface area contributed by atoms with Gasteiger partial charge < -0.3 is 11.1 Å². The van der Waals surface area contributed by atoms with E-state index in [2.05, 4.69) is 5.32 Å². The third-order valence-electron chi connectivity index (χ3n) is 2.42. The number of benzene rings is 1. The van der Waals surface area contributed by atoms with Crippen LogP contribution in [0, 0.1) is 0 Å². The van der Waals surface area contributed by atoms with Crippen molar-refractivity contribution < 1.29 is 13.6 Å². The number of alkyl halides is 2. The maximum absolute atomic E-state index is 12.3. The number of nitrogens with one attached hydrogen (secondary N) is 1. The molecule has 1 aromatic rings. The number of halogens is 3. The molecule has 0 radical (unpaired) electrons. The van der Waals surface area contributed by atoms with Crippen molar-refractivity contribution in [2.45, 2.75) is 37.1 Å². The lowest BCUT2D eigenvalue weighted by Crippen LogP contribution is -2.19. The zero-order chi connectivity index (χ0) is 15.1. The van der Waals surface area contributed by atoms with Crippen LogP contribution in [0.2, 0.25) is 5.02 Å². The van der Waals surface area contributed by atoms with Crippen LogP contribution in [0.4, 0.5) is 14.5 Å². The Hall–Kier alpha value is -0.850. The first-order valence-electron chi connectivity index (χ1n) is 6.15. The molecule has 3 N–H and O–H groups in total. The molecule has 20 heavy (non-hydrogen) atoms. The van der Waals surface area contributed by atoms with Gasteiger partial charge >= 0.3 is 0 Å². The van der Waals surface area contributed by atoms with Crippen LogP contribution in [0.3, 0.4) is 0 Å². The van der Waals surface area contributed by atoms with E-state index in [9.17, 15) is 13.6 Å². The molecule has 1 rings (SSSR count). The summed E-state index contributed by atoms with van der Waals surface area (Å²) < 4.78 is 24.6. The molecule has 0 fully saturated rings. The van der Waals surface area contributed by atoms with Gasteiger partial charge in [-0.2, -0.15) is 0 Å². The van der Waals surface area contributed by atoms with Crippen molar-refractivity contribution >= 4 is 35.0 Å². The molecule has 1 unspecified atom stereocenters. The van der Waals surface area contributed by atoms with E-state index >= 15 is 0 Å². The molecule has 0 bridgehead atoms. The molecule has 1 aromatic carbocycles. The van der Waals surface area contributed by atoms with Crippen LogP contribution in [0.25, 0.3) is 0 Å². The predicted octanol–water partition coefficient (Wildman–Crippen LogP) is 3.76. The Labute approximate surface area is 126 Å². The second-order valence-electron chi connectivity index (χ2n) is 4.38. The van der Waals surface area contributed by atoms with Gasteiger partial charge in [0.2, 0.25) is 12.3 Å². The second kappa shape index (κ2) is 8.44. The Morgan fingerprint density at radius 3 is 2.80 bits per heavy atom. The van der Waals surface area contributed by atoms with Crippen LogP contribution in [-0.4, -0.2) is 24.1 Å². The van der Waals surface area contributed by atoms with Gasteiger partial charge in [-0.25, -0.2) is 8.78 Å². The van der Waals surface area contributed by atoms with Crippen molar-refractivity contribution in [1.82, 2.24) is 0 Å². The molecule has 1 amide bonds. The molecule has 3 nitrogen and oxygen atoms in total. The summed E-state index contributed by atoms with van der Waals surface area (Å²) in [5, 5.41) is 3.03. The van der Waals surface area contributed by atoms with Crippen LogP contribution >= 0.6 is 23.4 Å². The Bertz CT molecular complexity index is 458. The van der Waals surface area contributed by atoms with Crippen LogP contribution in [0.5, 0.6) is 0 Å². The summed E-state index contributed by atoms with van der Waals surface area (Å²) in [6, 6.07) is 4.85. The van der Waals surface area contributed by atoms with E-state index in [-0.39, 0.29) is 24.1 Å². The number of nitrogens with two attached hydrogens (primary N) is 1. The van der Waals surface area contributed by atoms with Crippen molar-refractivity contribution in [2.24, 2.45) is 5.73 Å². The number of anilines is 1. The molecule has 0 heterocycles. The summed E-state index contributed by atoms with van der Waals surface area (Å²) in [4.78, 5) is 12.2. The quantitative estimate of drug-likeness (QED) is 0.751. The highest BCUT2D eigenvalue weighted by Crippen LogP contribution is 2.35. The molecular weight excluding hydrogens is 306 g/mol. The molecule has 0 aliphatic carbocycles. The fraction of sp³-hybridized carbons (Fsp3) is 0.462. The largest absolute Gasteiger partial charge is 0.328 e. The van der Waals surface area contributed by atoms with Gasteiger partial charge in [0.25, 0.3) is 0 Å². The molecule has 0 spiro atoms. The zero-order valence-electron chi connectivity index (χ0n) is 11.0. The van der Waals surface area contributed by atoms with Gasteiger partial charge in [0, 0.05) is 17.4 Å². The summed E-state index contributed by atoms with van der Waals surface area (Å²) in [7, 11) is 0. The average Bonchev–Trinajstić information content (AvgIpc) is 2.35. The van der Waals surface area contributed by atoms with E-state index in [0.717, 1.165) is 11.8 Å². The molecule has 0 saturated carbocycles. The monoisotopic (exact) mass is 322 g/mol. The molecule has 0 aliphatic heterocycles. The fourth-order valence-electron chi connectivity index (χ4n) is 1.47. The molecule has 7 heteroatoms. The van der Waals surface area contributed by atoms with Crippen molar-refractivity contribution in [3.05, 3.63) is 23.2 Å². The first-order valence-corrected chi connectivity index (χ1v) is 7.51. The fourth-order valence-corrected chi connectivity index (χ4v) is 2.58. The van der Waals surface area contributed by atoms with Gasteiger partial charge in [-0.3, -0.25) is 4.79 Å². The van der Waals surface area contributed by atoms with Gasteiger partial charge in [0.1, 0.15) is 0 Å². The Kier molecular flexibility index (Phi) is 7.26. The number of hydrogen-bond donors (Lipinski definition) is 2. The average molecular weight is 323 g/mol. The van der Waals surface area contributed by atoms with Gasteiger partial charge in [-0.1, -0.05) is 17.7 Å². The van der Waals surface area contributed by atoms with Gasteiger partial charge in [0.05, 0.1) is 16.5 Å². The highest BCUT2D eigenvalue weighted by molar-refractivity contribution is 7.99. The second-order valence-corrected chi connectivity index (χ2v) is 5.82. The number of rotatable bonds is 7. The first-order chi connectivity index (χ1) is 9.40. The standard InChI is InChI=1S/C13H17ClF2N2OS/c1-8(17)5-6-12(19)18-10-4-2-3-9(14)13(10)20-7-11(15)16/h2-4,8,11H,5-7,17H2,1H3,(H,18,19). The third-order valence-corrected chi connectivity index (χ3v) is 4.00. The van der Waals surface area contributed by atoms with Crippen LogP contribution < -0.4 is 11.1 Å². The lowest BCUT2D eigenvalue weighted by molar-refractivity contribution is -0.116. The maximum Gasteiger partial charge on any atom is 0.247 e. The summed E-state index contributed by atoms with van der Waals surface area (Å²) in [6.07, 6.45) is -1.59.